The van der Waals surface area contributed by atoms with Crippen LogP contribution in [0.25, 0.3) is 0 Å². The molecule has 2 N–H and O–H groups in total. The summed E-state index contributed by atoms with van der Waals surface area (Å²) in [6.45, 7) is 8.38. The Balaban J connectivity index is 4.35. The molecule has 0 aromatic heterocycles. The predicted octanol–water partition coefficient (Wildman–Crippen LogP) is 0.381. The van der Waals surface area contributed by atoms with Gasteiger partial charge >= 0.3 is 0 Å². The summed E-state index contributed by atoms with van der Waals surface area (Å²) in [6.07, 6.45) is 2.33. The highest BCUT2D eigenvalue weighted by Crippen LogP contribution is 2.06. The number of hydrogen-bond acceptors (Lipinski definition) is 3. The minimum atomic E-state index is -0.446. The lowest BCUT2D eigenvalue weighted by molar-refractivity contribution is -0.134. The third-order valence-electron chi connectivity index (χ3n) is 2.36. The van der Waals surface area contributed by atoms with Gasteiger partial charge in [0.05, 0.1) is 6.54 Å². The summed E-state index contributed by atoms with van der Waals surface area (Å²) in [7, 11) is 3.38. The second-order valence-electron chi connectivity index (χ2n) is 4.90. The molecule has 0 saturated carbocycles. The first-order valence-corrected chi connectivity index (χ1v) is 6.20. The molecule has 0 fully saturated rings. The van der Waals surface area contributed by atoms with Gasteiger partial charge in [-0.15, -0.1) is 6.58 Å². The van der Waals surface area contributed by atoms with Crippen molar-refractivity contribution >= 4 is 11.8 Å². The van der Waals surface area contributed by atoms with Crippen molar-refractivity contribution in [2.75, 3.05) is 27.2 Å². The van der Waals surface area contributed by atoms with Crippen LogP contribution in [0.5, 0.6) is 0 Å². The van der Waals surface area contributed by atoms with Gasteiger partial charge in [0.2, 0.25) is 11.8 Å². The number of rotatable bonds is 8. The van der Waals surface area contributed by atoms with E-state index in [2.05, 4.69) is 17.2 Å². The highest BCUT2D eigenvalue weighted by atomic mass is 16.2. The van der Waals surface area contributed by atoms with Crippen LogP contribution >= 0.6 is 0 Å². The van der Waals surface area contributed by atoms with Crippen molar-refractivity contribution in [1.29, 1.82) is 0 Å². The third kappa shape index (κ3) is 7.06. The molecule has 0 bridgehead atoms. The Hall–Kier alpha value is -1.36. The highest BCUT2D eigenvalue weighted by Gasteiger charge is 2.22. The van der Waals surface area contributed by atoms with Gasteiger partial charge in [-0.1, -0.05) is 19.9 Å². The van der Waals surface area contributed by atoms with Crippen molar-refractivity contribution in [1.82, 2.24) is 15.5 Å². The molecule has 2 amide bonds. The van der Waals surface area contributed by atoms with Crippen molar-refractivity contribution in [2.24, 2.45) is 5.92 Å². The summed E-state index contributed by atoms with van der Waals surface area (Å²) in [5.74, 6) is 0.110. The molecule has 0 aliphatic carbocycles. The normalized spacial score (nSPS) is 12.1. The number of nitrogens with one attached hydrogen (secondary N) is 2. The summed E-state index contributed by atoms with van der Waals surface area (Å²) in [6, 6.07) is -0.446. The quantitative estimate of drug-likeness (QED) is 0.487. The topological polar surface area (TPSA) is 61.4 Å². The largest absolute Gasteiger partial charge is 0.347 e. The molecule has 1 unspecified atom stereocenters. The minimum Gasteiger partial charge on any atom is -0.347 e. The van der Waals surface area contributed by atoms with Crippen molar-refractivity contribution in [3.63, 3.8) is 0 Å². The Morgan fingerprint density at radius 3 is 2.39 bits per heavy atom. The van der Waals surface area contributed by atoms with E-state index in [1.807, 2.05) is 13.8 Å². The minimum absolute atomic E-state index is 0.0687. The van der Waals surface area contributed by atoms with Crippen LogP contribution in [0.4, 0.5) is 0 Å². The average molecular weight is 255 g/mol. The Labute approximate surface area is 110 Å². The number of carbonyl (C=O) groups excluding carboxylic acids is 2. The van der Waals surface area contributed by atoms with E-state index in [1.165, 1.54) is 4.90 Å². The Bertz CT molecular complexity index is 288. The zero-order chi connectivity index (χ0) is 14.1. The molecular weight excluding hydrogens is 230 g/mol. The SMILES string of the molecule is C=CCNCC(=O)NC(CC(C)C)C(=O)N(C)C. The third-order valence-corrected chi connectivity index (χ3v) is 2.36. The van der Waals surface area contributed by atoms with Crippen LogP contribution in [-0.2, 0) is 9.59 Å². The van der Waals surface area contributed by atoms with Crippen molar-refractivity contribution in [3.05, 3.63) is 12.7 Å². The van der Waals surface area contributed by atoms with Crippen LogP contribution in [0.1, 0.15) is 20.3 Å². The van der Waals surface area contributed by atoms with Crippen molar-refractivity contribution < 1.29 is 9.59 Å². The maximum atomic E-state index is 11.9. The Kier molecular flexibility index (Phi) is 8.03. The Morgan fingerprint density at radius 2 is 1.94 bits per heavy atom. The van der Waals surface area contributed by atoms with Gasteiger partial charge in [0, 0.05) is 20.6 Å². The first-order valence-electron chi connectivity index (χ1n) is 6.20. The lowest BCUT2D eigenvalue weighted by Gasteiger charge is -2.23. The molecule has 0 aliphatic heterocycles. The van der Waals surface area contributed by atoms with Gasteiger partial charge in [-0.25, -0.2) is 0 Å². The zero-order valence-corrected chi connectivity index (χ0v) is 11.8. The van der Waals surface area contributed by atoms with Gasteiger partial charge in [-0.3, -0.25) is 9.59 Å². The number of likely N-dealkylation sites (N-methyl/N-ethyl adjacent to an activating group) is 1. The van der Waals surface area contributed by atoms with E-state index in [1.54, 1.807) is 20.2 Å². The van der Waals surface area contributed by atoms with Crippen LogP contribution in [0, 0.1) is 5.92 Å². The van der Waals surface area contributed by atoms with Gasteiger partial charge in [0.1, 0.15) is 6.04 Å². The molecule has 104 valence electrons. The summed E-state index contributed by atoms with van der Waals surface area (Å²) in [5.41, 5.74) is 0. The summed E-state index contributed by atoms with van der Waals surface area (Å²) >= 11 is 0. The van der Waals surface area contributed by atoms with Gasteiger partial charge in [-0.2, -0.15) is 0 Å². The smallest absolute Gasteiger partial charge is 0.244 e. The van der Waals surface area contributed by atoms with Crippen LogP contribution in [0.2, 0.25) is 0 Å². The molecule has 0 aromatic carbocycles. The van der Waals surface area contributed by atoms with E-state index in [0.29, 0.717) is 18.9 Å². The van der Waals surface area contributed by atoms with E-state index in [4.69, 9.17) is 0 Å². The lowest BCUT2D eigenvalue weighted by atomic mass is 10.0. The molecule has 18 heavy (non-hydrogen) atoms. The molecule has 5 nitrogen and oxygen atoms in total. The molecule has 1 atom stereocenters. The number of carbonyl (C=O) groups is 2. The fourth-order valence-electron chi connectivity index (χ4n) is 1.54. The van der Waals surface area contributed by atoms with Gasteiger partial charge in [0.15, 0.2) is 0 Å². The highest BCUT2D eigenvalue weighted by molar-refractivity contribution is 5.88. The monoisotopic (exact) mass is 255 g/mol. The average Bonchev–Trinajstić information content (AvgIpc) is 2.26. The second kappa shape index (κ2) is 8.69. The van der Waals surface area contributed by atoms with Crippen LogP contribution < -0.4 is 10.6 Å². The van der Waals surface area contributed by atoms with E-state index < -0.39 is 6.04 Å². The number of nitrogens with zero attached hydrogens (tertiary/aromatic N) is 1. The fourth-order valence-corrected chi connectivity index (χ4v) is 1.54. The van der Waals surface area contributed by atoms with Gasteiger partial charge in [0.25, 0.3) is 0 Å². The van der Waals surface area contributed by atoms with E-state index in [9.17, 15) is 9.59 Å². The number of amides is 2. The molecule has 0 aromatic rings. The van der Waals surface area contributed by atoms with Crippen LogP contribution in [0.3, 0.4) is 0 Å². The summed E-state index contributed by atoms with van der Waals surface area (Å²) in [4.78, 5) is 25.1. The second-order valence-corrected chi connectivity index (χ2v) is 4.90. The number of hydrogen-bond donors (Lipinski definition) is 2. The van der Waals surface area contributed by atoms with Gasteiger partial charge in [-0.05, 0) is 12.3 Å². The zero-order valence-electron chi connectivity index (χ0n) is 11.8. The first kappa shape index (κ1) is 16.6. The van der Waals surface area contributed by atoms with Crippen LogP contribution in [0.15, 0.2) is 12.7 Å². The molecule has 0 radical (unpaired) electrons. The molecule has 5 heteroatoms. The molecule has 0 saturated heterocycles. The molecule has 0 heterocycles. The first-order chi connectivity index (χ1) is 8.38. The Morgan fingerprint density at radius 1 is 1.33 bits per heavy atom. The predicted molar refractivity (Wildman–Crippen MR) is 73.1 cm³/mol. The molecule has 0 aliphatic rings. The van der Waals surface area contributed by atoms with Gasteiger partial charge < -0.3 is 15.5 Å². The standard InChI is InChI=1S/C13H25N3O2/c1-6-7-14-9-12(17)15-11(8-10(2)3)13(18)16(4)5/h6,10-11,14H,1,7-9H2,2-5H3,(H,15,17). The van der Waals surface area contributed by atoms with Crippen LogP contribution in [-0.4, -0.2) is 49.9 Å². The lowest BCUT2D eigenvalue weighted by Crippen LogP contribution is -2.49. The molecular formula is C13H25N3O2. The van der Waals surface area contributed by atoms with Crippen molar-refractivity contribution in [2.45, 2.75) is 26.3 Å². The summed E-state index contributed by atoms with van der Waals surface area (Å²) < 4.78 is 0. The fraction of sp³-hybridized carbons (Fsp3) is 0.692. The van der Waals surface area contributed by atoms with Crippen molar-refractivity contribution in [3.8, 4) is 0 Å². The van der Waals surface area contributed by atoms with E-state index >= 15 is 0 Å². The molecule has 0 rings (SSSR count). The van der Waals surface area contributed by atoms with E-state index in [0.717, 1.165) is 0 Å². The van der Waals surface area contributed by atoms with E-state index in [-0.39, 0.29) is 18.4 Å². The maximum Gasteiger partial charge on any atom is 0.244 e. The summed E-state index contributed by atoms with van der Waals surface area (Å²) in [5, 5.41) is 5.67. The maximum absolute atomic E-state index is 11.9. The molecule has 0 spiro atoms.